The summed E-state index contributed by atoms with van der Waals surface area (Å²) in [6.07, 6.45) is 5.36. The molecule has 1 atom stereocenters. The molecular formula is C19H28N2O4. The van der Waals surface area contributed by atoms with E-state index >= 15 is 0 Å². The molecule has 1 fully saturated rings. The van der Waals surface area contributed by atoms with Gasteiger partial charge in [-0.05, 0) is 24.3 Å². The van der Waals surface area contributed by atoms with Gasteiger partial charge >= 0.3 is 12.1 Å². The molecule has 25 heavy (non-hydrogen) atoms. The van der Waals surface area contributed by atoms with E-state index in [1.807, 2.05) is 30.3 Å². The number of benzene rings is 1. The highest BCUT2D eigenvalue weighted by Crippen LogP contribution is 2.26. The first kappa shape index (κ1) is 19.2. The molecule has 1 aliphatic rings. The quantitative estimate of drug-likeness (QED) is 0.706. The summed E-state index contributed by atoms with van der Waals surface area (Å²) in [6.45, 7) is 0.917. The van der Waals surface area contributed by atoms with Crippen molar-refractivity contribution in [3.05, 3.63) is 35.9 Å². The molecule has 0 aliphatic heterocycles. The molecular weight excluding hydrogens is 320 g/mol. The zero-order valence-corrected chi connectivity index (χ0v) is 14.8. The van der Waals surface area contributed by atoms with Crippen LogP contribution in [0.5, 0.6) is 0 Å². The van der Waals surface area contributed by atoms with Crippen molar-refractivity contribution in [2.75, 3.05) is 20.2 Å². The molecule has 138 valence electrons. The average Bonchev–Trinajstić information content (AvgIpc) is 2.67. The Bertz CT molecular complexity index is 529. The van der Waals surface area contributed by atoms with E-state index in [0.29, 0.717) is 12.5 Å². The van der Waals surface area contributed by atoms with Crippen molar-refractivity contribution < 1.29 is 19.1 Å². The first-order chi connectivity index (χ1) is 12.2. The maximum atomic E-state index is 12.2. The molecule has 0 saturated heterocycles. The fraction of sp³-hybridized carbons (Fsp3) is 0.579. The van der Waals surface area contributed by atoms with E-state index in [-0.39, 0.29) is 25.2 Å². The lowest BCUT2D eigenvalue weighted by Crippen LogP contribution is -2.48. The zero-order chi connectivity index (χ0) is 17.9. The van der Waals surface area contributed by atoms with Gasteiger partial charge in [-0.3, -0.25) is 4.79 Å². The molecule has 1 saturated carbocycles. The lowest BCUT2D eigenvalue weighted by molar-refractivity contribution is -0.139. The minimum absolute atomic E-state index is 0.0479. The number of hydrogen-bond acceptors (Lipinski definition) is 5. The Labute approximate surface area is 149 Å². The maximum absolute atomic E-state index is 12.2. The van der Waals surface area contributed by atoms with Gasteiger partial charge in [-0.15, -0.1) is 0 Å². The van der Waals surface area contributed by atoms with E-state index in [9.17, 15) is 9.59 Å². The van der Waals surface area contributed by atoms with Crippen molar-refractivity contribution >= 4 is 12.1 Å². The van der Waals surface area contributed by atoms with Gasteiger partial charge in [-0.2, -0.15) is 0 Å². The summed E-state index contributed by atoms with van der Waals surface area (Å²) < 4.78 is 9.96. The van der Waals surface area contributed by atoms with E-state index in [1.165, 1.54) is 26.4 Å². The van der Waals surface area contributed by atoms with Gasteiger partial charge in [-0.25, -0.2) is 4.79 Å². The molecule has 2 rings (SSSR count). The van der Waals surface area contributed by atoms with Crippen molar-refractivity contribution in [1.29, 1.82) is 0 Å². The Balaban J connectivity index is 1.82. The number of rotatable bonds is 8. The van der Waals surface area contributed by atoms with Gasteiger partial charge in [0.1, 0.15) is 6.61 Å². The molecule has 0 bridgehead atoms. The third kappa shape index (κ3) is 7.13. The summed E-state index contributed by atoms with van der Waals surface area (Å²) in [4.78, 5) is 23.4. The van der Waals surface area contributed by atoms with Crippen molar-refractivity contribution in [2.24, 2.45) is 5.92 Å². The van der Waals surface area contributed by atoms with E-state index in [0.717, 1.165) is 18.4 Å². The summed E-state index contributed by atoms with van der Waals surface area (Å²) in [5.74, 6) is 0.0946. The van der Waals surface area contributed by atoms with E-state index < -0.39 is 6.09 Å². The minimum Gasteiger partial charge on any atom is -0.468 e. The van der Waals surface area contributed by atoms with Gasteiger partial charge in [-0.1, -0.05) is 49.6 Å². The van der Waals surface area contributed by atoms with Crippen LogP contribution in [-0.2, 0) is 20.9 Å². The molecule has 0 heterocycles. The molecule has 1 aromatic rings. The SMILES string of the molecule is COC(=O)CNC[C@@H](NC(=O)OCc1ccccc1)C1CCCCC1. The highest BCUT2D eigenvalue weighted by Gasteiger charge is 2.25. The van der Waals surface area contributed by atoms with Crippen LogP contribution in [0.1, 0.15) is 37.7 Å². The summed E-state index contributed by atoms with van der Waals surface area (Å²) in [5, 5.41) is 6.04. The van der Waals surface area contributed by atoms with Crippen LogP contribution >= 0.6 is 0 Å². The Hall–Kier alpha value is -2.08. The topological polar surface area (TPSA) is 76.7 Å². The monoisotopic (exact) mass is 348 g/mol. The summed E-state index contributed by atoms with van der Waals surface area (Å²) >= 11 is 0. The molecule has 0 spiro atoms. The van der Waals surface area contributed by atoms with Crippen molar-refractivity contribution in [1.82, 2.24) is 10.6 Å². The number of carbonyl (C=O) groups is 2. The molecule has 6 heteroatoms. The number of ether oxygens (including phenoxy) is 2. The summed E-state index contributed by atoms with van der Waals surface area (Å²) in [5.41, 5.74) is 0.954. The van der Waals surface area contributed by atoms with Crippen LogP contribution in [0.2, 0.25) is 0 Å². The van der Waals surface area contributed by atoms with Gasteiger partial charge in [0.2, 0.25) is 0 Å². The van der Waals surface area contributed by atoms with E-state index in [1.54, 1.807) is 0 Å². The Morgan fingerprint density at radius 1 is 1.16 bits per heavy atom. The van der Waals surface area contributed by atoms with Crippen LogP contribution in [0.25, 0.3) is 0 Å². The fourth-order valence-corrected chi connectivity index (χ4v) is 3.19. The third-order valence-corrected chi connectivity index (χ3v) is 4.60. The highest BCUT2D eigenvalue weighted by molar-refractivity contribution is 5.71. The molecule has 0 radical (unpaired) electrons. The second-order valence-electron chi connectivity index (χ2n) is 6.42. The van der Waals surface area contributed by atoms with E-state index in [2.05, 4.69) is 15.4 Å². The van der Waals surface area contributed by atoms with Crippen LogP contribution in [-0.4, -0.2) is 38.3 Å². The van der Waals surface area contributed by atoms with Crippen LogP contribution < -0.4 is 10.6 Å². The second-order valence-corrected chi connectivity index (χ2v) is 6.42. The average molecular weight is 348 g/mol. The number of esters is 1. The first-order valence-electron chi connectivity index (χ1n) is 8.94. The van der Waals surface area contributed by atoms with Gasteiger partial charge < -0.3 is 20.1 Å². The number of methoxy groups -OCH3 is 1. The first-order valence-corrected chi connectivity index (χ1v) is 8.94. The number of nitrogens with one attached hydrogen (secondary N) is 2. The number of alkyl carbamates (subject to hydrolysis) is 1. The number of carbonyl (C=O) groups excluding carboxylic acids is 2. The van der Waals surface area contributed by atoms with Gasteiger partial charge in [0, 0.05) is 12.6 Å². The second kappa shape index (κ2) is 10.7. The van der Waals surface area contributed by atoms with Crippen LogP contribution in [0.4, 0.5) is 4.79 Å². The lowest BCUT2D eigenvalue weighted by atomic mass is 9.84. The Kier molecular flexibility index (Phi) is 8.25. The predicted molar refractivity (Wildman–Crippen MR) is 95.0 cm³/mol. The third-order valence-electron chi connectivity index (χ3n) is 4.60. The molecule has 1 amide bonds. The number of hydrogen-bond donors (Lipinski definition) is 2. The summed E-state index contributed by atoms with van der Waals surface area (Å²) in [6, 6.07) is 9.55. The smallest absolute Gasteiger partial charge is 0.407 e. The molecule has 0 unspecified atom stereocenters. The number of amides is 1. The molecule has 0 aromatic heterocycles. The predicted octanol–water partition coefficient (Wildman–Crippen LogP) is 2.62. The lowest BCUT2D eigenvalue weighted by Gasteiger charge is -2.30. The molecule has 2 N–H and O–H groups in total. The van der Waals surface area contributed by atoms with Gasteiger partial charge in [0.05, 0.1) is 13.7 Å². The Morgan fingerprint density at radius 3 is 2.56 bits per heavy atom. The molecule has 1 aliphatic carbocycles. The minimum atomic E-state index is -0.417. The fourth-order valence-electron chi connectivity index (χ4n) is 3.19. The Morgan fingerprint density at radius 2 is 1.88 bits per heavy atom. The molecule has 6 nitrogen and oxygen atoms in total. The van der Waals surface area contributed by atoms with Crippen molar-refractivity contribution in [2.45, 2.75) is 44.8 Å². The standard InChI is InChI=1S/C19H28N2O4/c1-24-18(22)13-20-12-17(16-10-6-3-7-11-16)21-19(23)25-14-15-8-4-2-5-9-15/h2,4-5,8-9,16-17,20H,3,6-7,10-14H2,1H3,(H,21,23)/t17-/m1/s1. The van der Waals surface area contributed by atoms with Crippen LogP contribution in [0, 0.1) is 5.92 Å². The van der Waals surface area contributed by atoms with Gasteiger partial charge in [0.15, 0.2) is 0 Å². The molecule has 1 aromatic carbocycles. The van der Waals surface area contributed by atoms with Crippen molar-refractivity contribution in [3.8, 4) is 0 Å². The van der Waals surface area contributed by atoms with E-state index in [4.69, 9.17) is 4.74 Å². The zero-order valence-electron chi connectivity index (χ0n) is 14.8. The maximum Gasteiger partial charge on any atom is 0.407 e. The summed E-state index contributed by atoms with van der Waals surface area (Å²) in [7, 11) is 1.36. The highest BCUT2D eigenvalue weighted by atomic mass is 16.5. The largest absolute Gasteiger partial charge is 0.468 e. The normalized spacial score (nSPS) is 16.0. The van der Waals surface area contributed by atoms with Crippen molar-refractivity contribution in [3.63, 3.8) is 0 Å². The van der Waals surface area contributed by atoms with Crippen LogP contribution in [0.15, 0.2) is 30.3 Å². The van der Waals surface area contributed by atoms with Gasteiger partial charge in [0.25, 0.3) is 0 Å². The van der Waals surface area contributed by atoms with Crippen LogP contribution in [0.3, 0.4) is 0 Å².